The zero-order valence-electron chi connectivity index (χ0n) is 6.68. The van der Waals surface area contributed by atoms with Gasteiger partial charge in [0.1, 0.15) is 0 Å². The van der Waals surface area contributed by atoms with Gasteiger partial charge in [-0.1, -0.05) is 0 Å². The van der Waals surface area contributed by atoms with Crippen molar-refractivity contribution < 1.29 is 10.0 Å². The maximum atomic E-state index is 10.2. The van der Waals surface area contributed by atoms with Gasteiger partial charge in [-0.25, -0.2) is 0 Å². The van der Waals surface area contributed by atoms with E-state index in [-0.39, 0.29) is 11.3 Å². The van der Waals surface area contributed by atoms with E-state index in [4.69, 9.17) is 16.6 Å². The fourth-order valence-electron chi connectivity index (χ4n) is 0.876. The van der Waals surface area contributed by atoms with Gasteiger partial charge >= 0.3 is 6.23 Å². The molecule has 70 valence electrons. The molecule has 1 atom stereocenters. The summed E-state index contributed by atoms with van der Waals surface area (Å²) in [6, 6.07) is 4.05. The third-order valence-electron chi connectivity index (χ3n) is 1.61. The molecule has 0 amide bonds. The number of aliphatic hydroxyl groups is 1. The van der Waals surface area contributed by atoms with Gasteiger partial charge in [0.15, 0.2) is 0 Å². The highest BCUT2D eigenvalue weighted by atomic mass is 16.7. The van der Waals surface area contributed by atoms with Crippen LogP contribution in [0, 0.1) is 10.1 Å². The second kappa shape index (κ2) is 3.28. The van der Waals surface area contributed by atoms with E-state index in [1.165, 1.54) is 18.2 Å². The van der Waals surface area contributed by atoms with Crippen molar-refractivity contribution in [1.29, 1.82) is 0 Å². The topological polar surface area (TPSA) is 115 Å². The summed E-state index contributed by atoms with van der Waals surface area (Å²) in [5, 5.41) is 19.2. The molecule has 0 radical (unpaired) electrons. The predicted octanol–water partition coefficient (Wildman–Crippen LogP) is 0.119. The summed E-state index contributed by atoms with van der Waals surface area (Å²) in [7, 11) is 0. The number of aliphatic hydroxyl groups excluding tert-OH is 1. The van der Waals surface area contributed by atoms with E-state index in [9.17, 15) is 10.1 Å². The summed E-state index contributed by atoms with van der Waals surface area (Å²) in [5.74, 6) is 0. The van der Waals surface area contributed by atoms with Crippen molar-refractivity contribution in [1.82, 2.24) is 0 Å². The van der Waals surface area contributed by atoms with Crippen molar-refractivity contribution in [2.45, 2.75) is 6.23 Å². The Kier molecular flexibility index (Phi) is 2.34. The minimum atomic E-state index is -1.75. The predicted molar refractivity (Wildman–Crippen MR) is 47.2 cm³/mol. The Morgan fingerprint density at radius 2 is 2.00 bits per heavy atom. The van der Waals surface area contributed by atoms with Gasteiger partial charge in [-0.05, 0) is 18.2 Å². The van der Waals surface area contributed by atoms with E-state index in [1.54, 1.807) is 0 Å². The minimum absolute atomic E-state index is 0.122. The van der Waals surface area contributed by atoms with Gasteiger partial charge in [0.05, 0.1) is 21.9 Å². The van der Waals surface area contributed by atoms with Crippen LogP contribution in [0.3, 0.4) is 0 Å². The number of nitrogen functional groups attached to an aromatic ring is 2. The Morgan fingerprint density at radius 3 is 2.46 bits per heavy atom. The smallest absolute Gasteiger partial charge is 0.339 e. The van der Waals surface area contributed by atoms with Gasteiger partial charge in [-0.3, -0.25) is 10.1 Å². The van der Waals surface area contributed by atoms with Crippen LogP contribution in [0.5, 0.6) is 0 Å². The number of benzene rings is 1. The Morgan fingerprint density at radius 1 is 1.38 bits per heavy atom. The monoisotopic (exact) mass is 183 g/mol. The molecule has 0 aromatic heterocycles. The number of nitrogens with two attached hydrogens (primary N) is 2. The van der Waals surface area contributed by atoms with E-state index < -0.39 is 11.2 Å². The molecule has 0 saturated heterocycles. The highest BCUT2D eigenvalue weighted by Crippen LogP contribution is 2.21. The Balaban J connectivity index is 3.03. The maximum absolute atomic E-state index is 10.2. The second-order valence-corrected chi connectivity index (χ2v) is 2.55. The van der Waals surface area contributed by atoms with Gasteiger partial charge in [0, 0.05) is 0 Å². The quantitative estimate of drug-likeness (QED) is 0.260. The average molecular weight is 183 g/mol. The third-order valence-corrected chi connectivity index (χ3v) is 1.61. The standard InChI is InChI=1S/C7H9N3O3/c8-5-2-1-4(3-6(5)9)7(11)10(12)13/h1-3,7,11H,8-9H2. The van der Waals surface area contributed by atoms with Gasteiger partial charge in [-0.15, -0.1) is 0 Å². The fraction of sp³-hybridized carbons (Fsp3) is 0.143. The molecule has 0 heterocycles. The van der Waals surface area contributed by atoms with Crippen molar-refractivity contribution >= 4 is 11.4 Å². The first-order valence-electron chi connectivity index (χ1n) is 3.49. The van der Waals surface area contributed by atoms with E-state index in [2.05, 4.69) is 0 Å². The zero-order valence-corrected chi connectivity index (χ0v) is 6.68. The SMILES string of the molecule is Nc1ccc(C(O)[N+](=O)[O-])cc1N. The van der Waals surface area contributed by atoms with Crippen LogP contribution in [0.2, 0.25) is 0 Å². The largest absolute Gasteiger partial charge is 0.397 e. The summed E-state index contributed by atoms with van der Waals surface area (Å²) < 4.78 is 0. The summed E-state index contributed by atoms with van der Waals surface area (Å²) in [6.45, 7) is 0. The molecule has 1 aromatic carbocycles. The summed E-state index contributed by atoms with van der Waals surface area (Å²) in [5.41, 5.74) is 11.5. The minimum Gasteiger partial charge on any atom is -0.397 e. The van der Waals surface area contributed by atoms with Crippen LogP contribution in [-0.4, -0.2) is 10.0 Å². The molecule has 0 fully saturated rings. The normalized spacial score (nSPS) is 12.4. The van der Waals surface area contributed by atoms with Crippen LogP contribution >= 0.6 is 0 Å². The number of rotatable bonds is 2. The molecule has 1 aromatic rings. The van der Waals surface area contributed by atoms with Crippen LogP contribution in [0.25, 0.3) is 0 Å². The number of nitro groups is 1. The molecular formula is C7H9N3O3. The number of hydrogen-bond donors (Lipinski definition) is 3. The molecule has 0 spiro atoms. The summed E-state index contributed by atoms with van der Waals surface area (Å²) >= 11 is 0. The van der Waals surface area contributed by atoms with Crippen LogP contribution in [-0.2, 0) is 0 Å². The number of anilines is 2. The van der Waals surface area contributed by atoms with Gasteiger partial charge in [0.2, 0.25) is 0 Å². The molecule has 0 bridgehead atoms. The van der Waals surface area contributed by atoms with Crippen LogP contribution in [0.15, 0.2) is 18.2 Å². The lowest BCUT2D eigenvalue weighted by molar-refractivity contribution is -0.578. The molecule has 0 saturated carbocycles. The molecule has 6 nitrogen and oxygen atoms in total. The van der Waals surface area contributed by atoms with Gasteiger partial charge in [0.25, 0.3) is 0 Å². The molecule has 0 aliphatic heterocycles. The van der Waals surface area contributed by atoms with E-state index in [0.717, 1.165) is 0 Å². The van der Waals surface area contributed by atoms with E-state index >= 15 is 0 Å². The lowest BCUT2D eigenvalue weighted by Gasteiger charge is -2.05. The van der Waals surface area contributed by atoms with Crippen molar-refractivity contribution in [3.05, 3.63) is 33.9 Å². The van der Waals surface area contributed by atoms with Crippen molar-refractivity contribution in [3.63, 3.8) is 0 Å². The Hall–Kier alpha value is -1.82. The van der Waals surface area contributed by atoms with Gasteiger partial charge in [-0.2, -0.15) is 0 Å². The molecule has 0 aliphatic carbocycles. The summed E-state index contributed by atoms with van der Waals surface area (Å²) in [4.78, 5) is 9.36. The second-order valence-electron chi connectivity index (χ2n) is 2.55. The lowest BCUT2D eigenvalue weighted by atomic mass is 10.1. The van der Waals surface area contributed by atoms with Crippen molar-refractivity contribution in [2.24, 2.45) is 0 Å². The average Bonchev–Trinajstić information content (AvgIpc) is 2.08. The number of nitrogens with zero attached hydrogens (tertiary/aromatic N) is 1. The van der Waals surface area contributed by atoms with Gasteiger partial charge < -0.3 is 16.6 Å². The van der Waals surface area contributed by atoms with E-state index in [0.29, 0.717) is 5.69 Å². The molecule has 6 heteroatoms. The zero-order chi connectivity index (χ0) is 10.0. The van der Waals surface area contributed by atoms with Crippen LogP contribution in [0.1, 0.15) is 11.8 Å². The van der Waals surface area contributed by atoms with Crippen molar-refractivity contribution in [3.8, 4) is 0 Å². The molecule has 0 aliphatic rings. The highest BCUT2D eigenvalue weighted by molar-refractivity contribution is 5.63. The molecule has 5 N–H and O–H groups in total. The van der Waals surface area contributed by atoms with Crippen molar-refractivity contribution in [2.75, 3.05) is 11.5 Å². The summed E-state index contributed by atoms with van der Waals surface area (Å²) in [6.07, 6.45) is -1.75. The Bertz CT molecular complexity index is 340. The first-order chi connectivity index (χ1) is 6.02. The first kappa shape index (κ1) is 9.27. The first-order valence-corrected chi connectivity index (χ1v) is 3.49. The molecular weight excluding hydrogens is 174 g/mol. The van der Waals surface area contributed by atoms with Crippen LogP contribution in [0.4, 0.5) is 11.4 Å². The fourth-order valence-corrected chi connectivity index (χ4v) is 0.876. The number of hydrogen-bond acceptors (Lipinski definition) is 5. The lowest BCUT2D eigenvalue weighted by Crippen LogP contribution is -2.09. The molecule has 13 heavy (non-hydrogen) atoms. The molecule has 1 rings (SSSR count). The van der Waals surface area contributed by atoms with E-state index in [1.807, 2.05) is 0 Å². The third kappa shape index (κ3) is 1.85. The maximum Gasteiger partial charge on any atom is 0.339 e. The Labute approximate surface area is 73.9 Å². The molecule has 1 unspecified atom stereocenters. The highest BCUT2D eigenvalue weighted by Gasteiger charge is 2.18. The van der Waals surface area contributed by atoms with Crippen LogP contribution < -0.4 is 11.5 Å².